The van der Waals surface area contributed by atoms with E-state index in [2.05, 4.69) is 5.32 Å². The van der Waals surface area contributed by atoms with E-state index >= 15 is 0 Å². The fourth-order valence-electron chi connectivity index (χ4n) is 3.25. The first-order valence-electron chi connectivity index (χ1n) is 8.68. The molecule has 2 heterocycles. The highest BCUT2D eigenvalue weighted by Crippen LogP contribution is 2.33. The van der Waals surface area contributed by atoms with Crippen molar-refractivity contribution < 1.29 is 18.7 Å². The van der Waals surface area contributed by atoms with Crippen molar-refractivity contribution in [2.45, 2.75) is 19.8 Å². The zero-order valence-electron chi connectivity index (χ0n) is 15.2. The molecule has 0 saturated heterocycles. The molecule has 0 spiro atoms. The largest absolute Gasteiger partial charge is 0.484 e. The van der Waals surface area contributed by atoms with Crippen LogP contribution >= 0.6 is 11.6 Å². The lowest BCUT2D eigenvalue weighted by Gasteiger charge is -2.10. The van der Waals surface area contributed by atoms with Crippen LogP contribution in [0.25, 0.3) is 11.0 Å². The Hall–Kier alpha value is -3.12. The van der Waals surface area contributed by atoms with Gasteiger partial charge < -0.3 is 14.5 Å². The standard InChI is InChI=1S/C21H16ClNO5/c1-10-5-20(25)28-18-8-19(15(22)7-13(10)18)27-9-17(24)12-3-4-16-14(6-12)11(2)21(26)23-16/h3-8,11H,9H2,1-2H3,(H,23,26)/t11-/m0/s1. The van der Waals surface area contributed by atoms with Gasteiger partial charge in [0.1, 0.15) is 11.3 Å². The summed E-state index contributed by atoms with van der Waals surface area (Å²) in [5, 5.41) is 3.79. The molecule has 4 rings (SSSR count). The number of hydrogen-bond acceptors (Lipinski definition) is 5. The third-order valence-corrected chi connectivity index (χ3v) is 5.15. The van der Waals surface area contributed by atoms with Gasteiger partial charge in [-0.2, -0.15) is 0 Å². The van der Waals surface area contributed by atoms with Crippen molar-refractivity contribution in [1.29, 1.82) is 0 Å². The second-order valence-electron chi connectivity index (χ2n) is 6.75. The molecule has 1 aliphatic rings. The predicted molar refractivity (Wildman–Crippen MR) is 106 cm³/mol. The van der Waals surface area contributed by atoms with Gasteiger partial charge in [-0.3, -0.25) is 9.59 Å². The van der Waals surface area contributed by atoms with Crippen LogP contribution in [-0.4, -0.2) is 18.3 Å². The molecular weight excluding hydrogens is 382 g/mol. The minimum absolute atomic E-state index is 0.0874. The van der Waals surface area contributed by atoms with E-state index in [4.69, 9.17) is 20.8 Å². The van der Waals surface area contributed by atoms with E-state index in [0.717, 1.165) is 16.8 Å². The number of benzene rings is 2. The molecule has 0 unspecified atom stereocenters. The molecule has 0 radical (unpaired) electrons. The normalized spacial score (nSPS) is 15.4. The van der Waals surface area contributed by atoms with Crippen molar-refractivity contribution in [2.75, 3.05) is 11.9 Å². The summed E-state index contributed by atoms with van der Waals surface area (Å²) in [6, 6.07) is 9.60. The van der Waals surface area contributed by atoms with Gasteiger partial charge >= 0.3 is 5.63 Å². The molecule has 0 saturated carbocycles. The number of Topliss-reactive ketones (excluding diaryl/α,β-unsaturated/α-hetero) is 1. The maximum absolute atomic E-state index is 12.5. The predicted octanol–water partition coefficient (Wildman–Crippen LogP) is 4.07. The quantitative estimate of drug-likeness (QED) is 0.529. The van der Waals surface area contributed by atoms with Crippen LogP contribution in [-0.2, 0) is 4.79 Å². The van der Waals surface area contributed by atoms with Gasteiger partial charge in [0, 0.05) is 28.8 Å². The number of rotatable bonds is 4. The number of ether oxygens (including phenoxy) is 1. The van der Waals surface area contributed by atoms with E-state index in [1.165, 1.54) is 12.1 Å². The minimum atomic E-state index is -0.468. The SMILES string of the molecule is Cc1cc(=O)oc2cc(OCC(=O)c3ccc4c(c3)[C@H](C)C(=O)N4)c(Cl)cc12. The van der Waals surface area contributed by atoms with E-state index in [-0.39, 0.29) is 30.0 Å². The number of carbonyl (C=O) groups is 2. The Kier molecular flexibility index (Phi) is 4.43. The zero-order valence-corrected chi connectivity index (χ0v) is 15.9. The van der Waals surface area contributed by atoms with Crippen molar-refractivity contribution in [1.82, 2.24) is 0 Å². The van der Waals surface area contributed by atoms with E-state index in [1.807, 2.05) is 0 Å². The monoisotopic (exact) mass is 397 g/mol. The first-order chi connectivity index (χ1) is 13.3. The molecule has 3 aromatic rings. The number of carbonyl (C=O) groups excluding carboxylic acids is 2. The zero-order chi connectivity index (χ0) is 20.0. The first-order valence-corrected chi connectivity index (χ1v) is 9.06. The van der Waals surface area contributed by atoms with Crippen LogP contribution in [0.3, 0.4) is 0 Å². The molecule has 2 aromatic carbocycles. The molecule has 28 heavy (non-hydrogen) atoms. The third-order valence-electron chi connectivity index (χ3n) is 4.85. The van der Waals surface area contributed by atoms with Gasteiger partial charge in [-0.05, 0) is 49.2 Å². The molecule has 0 bridgehead atoms. The van der Waals surface area contributed by atoms with Crippen molar-refractivity contribution in [2.24, 2.45) is 0 Å². The van der Waals surface area contributed by atoms with Gasteiger partial charge in [-0.1, -0.05) is 11.6 Å². The second-order valence-corrected chi connectivity index (χ2v) is 7.16. The fourth-order valence-corrected chi connectivity index (χ4v) is 3.47. The Labute approximate surface area is 165 Å². The summed E-state index contributed by atoms with van der Waals surface area (Å²) in [5.41, 5.74) is 2.57. The average Bonchev–Trinajstić information content (AvgIpc) is 2.94. The molecular formula is C21H16ClNO5. The number of fused-ring (bicyclic) bond motifs is 2. The van der Waals surface area contributed by atoms with Gasteiger partial charge in [0.2, 0.25) is 5.91 Å². The van der Waals surface area contributed by atoms with Gasteiger partial charge in [0.05, 0.1) is 10.9 Å². The van der Waals surface area contributed by atoms with Crippen molar-refractivity contribution >= 4 is 39.9 Å². The van der Waals surface area contributed by atoms with Crippen LogP contribution in [0.1, 0.15) is 34.3 Å². The number of hydrogen-bond donors (Lipinski definition) is 1. The van der Waals surface area contributed by atoms with E-state index in [1.54, 1.807) is 38.1 Å². The second kappa shape index (κ2) is 6.80. The van der Waals surface area contributed by atoms with Crippen LogP contribution in [0.15, 0.2) is 45.6 Å². The molecule has 6 nitrogen and oxygen atoms in total. The Morgan fingerprint density at radius 3 is 2.79 bits per heavy atom. The summed E-state index contributed by atoms with van der Waals surface area (Å²) in [6.45, 7) is 3.33. The molecule has 0 fully saturated rings. The summed E-state index contributed by atoms with van der Waals surface area (Å²) >= 11 is 6.25. The molecule has 1 aromatic heterocycles. The molecule has 142 valence electrons. The lowest BCUT2D eigenvalue weighted by Crippen LogP contribution is -2.12. The number of halogens is 1. The Morgan fingerprint density at radius 2 is 2.00 bits per heavy atom. The van der Waals surface area contributed by atoms with Gasteiger partial charge in [0.15, 0.2) is 12.4 Å². The summed E-state index contributed by atoms with van der Waals surface area (Å²) in [4.78, 5) is 35.9. The average molecular weight is 398 g/mol. The number of aryl methyl sites for hydroxylation is 1. The summed E-state index contributed by atoms with van der Waals surface area (Å²) in [6.07, 6.45) is 0. The van der Waals surface area contributed by atoms with Crippen molar-refractivity contribution in [3.8, 4) is 5.75 Å². The van der Waals surface area contributed by atoms with Crippen LogP contribution in [0.5, 0.6) is 5.75 Å². The number of anilines is 1. The van der Waals surface area contributed by atoms with Crippen LogP contribution in [0.2, 0.25) is 5.02 Å². The van der Waals surface area contributed by atoms with Crippen LogP contribution in [0, 0.1) is 6.92 Å². The van der Waals surface area contributed by atoms with E-state index in [0.29, 0.717) is 21.6 Å². The molecule has 0 aliphatic carbocycles. The molecule has 1 N–H and O–H groups in total. The summed E-state index contributed by atoms with van der Waals surface area (Å²) in [5.74, 6) is -0.390. The maximum Gasteiger partial charge on any atom is 0.336 e. The summed E-state index contributed by atoms with van der Waals surface area (Å²) < 4.78 is 10.8. The van der Waals surface area contributed by atoms with Crippen LogP contribution < -0.4 is 15.7 Å². The smallest absolute Gasteiger partial charge is 0.336 e. The molecule has 7 heteroatoms. The minimum Gasteiger partial charge on any atom is -0.484 e. The van der Waals surface area contributed by atoms with Gasteiger partial charge in [-0.25, -0.2) is 4.79 Å². The maximum atomic E-state index is 12.5. The lowest BCUT2D eigenvalue weighted by atomic mass is 9.99. The van der Waals surface area contributed by atoms with Crippen LogP contribution in [0.4, 0.5) is 5.69 Å². The number of nitrogens with one attached hydrogen (secondary N) is 1. The Bertz CT molecular complexity index is 1200. The highest BCUT2D eigenvalue weighted by Gasteiger charge is 2.27. The molecule has 1 aliphatic heterocycles. The Balaban J connectivity index is 1.57. The topological polar surface area (TPSA) is 85.6 Å². The third kappa shape index (κ3) is 3.16. The van der Waals surface area contributed by atoms with Crippen molar-refractivity contribution in [3.63, 3.8) is 0 Å². The molecule has 1 amide bonds. The highest BCUT2D eigenvalue weighted by atomic mass is 35.5. The van der Waals surface area contributed by atoms with Gasteiger partial charge in [0.25, 0.3) is 0 Å². The van der Waals surface area contributed by atoms with E-state index < -0.39 is 5.63 Å². The summed E-state index contributed by atoms with van der Waals surface area (Å²) in [7, 11) is 0. The Morgan fingerprint density at radius 1 is 1.21 bits per heavy atom. The fraction of sp³-hybridized carbons (Fsp3) is 0.190. The lowest BCUT2D eigenvalue weighted by molar-refractivity contribution is -0.116. The first kappa shape index (κ1) is 18.3. The molecule has 1 atom stereocenters. The number of amides is 1. The van der Waals surface area contributed by atoms with Crippen molar-refractivity contribution in [3.05, 3.63) is 68.5 Å². The van der Waals surface area contributed by atoms with Gasteiger partial charge in [-0.15, -0.1) is 0 Å². The number of ketones is 1. The highest BCUT2D eigenvalue weighted by molar-refractivity contribution is 6.32. The van der Waals surface area contributed by atoms with E-state index in [9.17, 15) is 14.4 Å².